The van der Waals surface area contributed by atoms with Gasteiger partial charge in [-0.25, -0.2) is 9.78 Å². The van der Waals surface area contributed by atoms with Gasteiger partial charge in [-0.3, -0.25) is 9.78 Å². The Labute approximate surface area is 203 Å². The van der Waals surface area contributed by atoms with Gasteiger partial charge < -0.3 is 26.8 Å². The standard InChI is InChI=1S/C22H25F3N6O3S/c23-22(24,25)16-13(3-2-8-28-16)35-14-11-12(18(27)32)19(30-17(14)26)31-9-6-21(7-10-31)5-1-4-15(21)29-20(33)34/h2-3,8,11,15,29H,1,4-7,9-10H2,(H2,26,30)(H2,27,32)(H,33,34). The first kappa shape index (κ1) is 24.9. The zero-order chi connectivity index (χ0) is 25.4. The molecule has 1 saturated heterocycles. The van der Waals surface area contributed by atoms with E-state index in [0.29, 0.717) is 37.7 Å². The normalized spacial score (nSPS) is 19.6. The van der Waals surface area contributed by atoms with Crippen LogP contribution in [0.1, 0.15) is 48.2 Å². The molecule has 0 aromatic carbocycles. The average Bonchev–Trinajstić information content (AvgIpc) is 3.15. The van der Waals surface area contributed by atoms with E-state index >= 15 is 0 Å². The predicted molar refractivity (Wildman–Crippen MR) is 123 cm³/mol. The molecule has 1 atom stereocenters. The molecule has 1 unspecified atom stereocenters. The highest BCUT2D eigenvalue weighted by Gasteiger charge is 2.46. The number of anilines is 2. The van der Waals surface area contributed by atoms with Crippen LogP contribution in [-0.4, -0.2) is 46.2 Å². The predicted octanol–water partition coefficient (Wildman–Crippen LogP) is 3.73. The largest absolute Gasteiger partial charge is 0.465 e. The van der Waals surface area contributed by atoms with E-state index in [1.165, 1.54) is 18.2 Å². The minimum Gasteiger partial charge on any atom is -0.465 e. The minimum atomic E-state index is -4.66. The molecule has 6 N–H and O–H groups in total. The second-order valence-corrected chi connectivity index (χ2v) is 9.88. The first-order valence-electron chi connectivity index (χ1n) is 11.0. The van der Waals surface area contributed by atoms with Crippen LogP contribution in [0.4, 0.5) is 29.6 Å². The fourth-order valence-electron chi connectivity index (χ4n) is 5.08. The van der Waals surface area contributed by atoms with Crippen molar-refractivity contribution in [2.45, 2.75) is 54.1 Å². The monoisotopic (exact) mass is 510 g/mol. The van der Waals surface area contributed by atoms with Gasteiger partial charge in [0.25, 0.3) is 5.91 Å². The van der Waals surface area contributed by atoms with Crippen LogP contribution in [0, 0.1) is 5.41 Å². The van der Waals surface area contributed by atoms with Crippen LogP contribution >= 0.6 is 11.8 Å². The summed E-state index contributed by atoms with van der Waals surface area (Å²) < 4.78 is 40.0. The van der Waals surface area contributed by atoms with Gasteiger partial charge in [-0.1, -0.05) is 18.2 Å². The number of aromatic nitrogens is 2. The maximum atomic E-state index is 13.3. The van der Waals surface area contributed by atoms with Crippen molar-refractivity contribution in [3.63, 3.8) is 0 Å². The number of piperidine rings is 1. The molecule has 2 aromatic heterocycles. The highest BCUT2D eigenvalue weighted by atomic mass is 32.2. The summed E-state index contributed by atoms with van der Waals surface area (Å²) in [5, 5.41) is 11.8. The Kier molecular flexibility index (Phi) is 6.71. The smallest absolute Gasteiger partial charge is 0.434 e. The number of amides is 2. The molecule has 13 heteroatoms. The first-order chi connectivity index (χ1) is 16.5. The van der Waals surface area contributed by atoms with E-state index in [1.807, 2.05) is 4.90 Å². The first-order valence-corrected chi connectivity index (χ1v) is 11.9. The van der Waals surface area contributed by atoms with Crippen LogP contribution in [0.5, 0.6) is 0 Å². The number of carbonyl (C=O) groups excluding carboxylic acids is 1. The molecule has 1 aliphatic carbocycles. The number of primary amides is 1. The fraction of sp³-hybridized carbons (Fsp3) is 0.455. The number of rotatable bonds is 5. The summed E-state index contributed by atoms with van der Waals surface area (Å²) in [6.45, 7) is 1.02. The van der Waals surface area contributed by atoms with Crippen molar-refractivity contribution in [1.82, 2.24) is 15.3 Å². The van der Waals surface area contributed by atoms with Crippen LogP contribution in [-0.2, 0) is 6.18 Å². The average molecular weight is 511 g/mol. The Hall–Kier alpha value is -3.22. The second-order valence-electron chi connectivity index (χ2n) is 8.80. The molecule has 0 radical (unpaired) electrons. The topological polar surface area (TPSA) is 147 Å². The summed E-state index contributed by atoms with van der Waals surface area (Å²) >= 11 is 0.716. The van der Waals surface area contributed by atoms with E-state index in [9.17, 15) is 27.9 Å². The molecule has 1 aliphatic heterocycles. The van der Waals surface area contributed by atoms with Crippen molar-refractivity contribution in [1.29, 1.82) is 0 Å². The molecule has 1 saturated carbocycles. The maximum absolute atomic E-state index is 13.3. The Morgan fingerprint density at radius 1 is 1.23 bits per heavy atom. The second kappa shape index (κ2) is 9.44. The molecule has 9 nitrogen and oxygen atoms in total. The number of nitrogens with one attached hydrogen (secondary N) is 1. The third-order valence-corrected chi connectivity index (χ3v) is 7.88. The molecule has 2 fully saturated rings. The lowest BCUT2D eigenvalue weighted by molar-refractivity contribution is -0.143. The molecule has 2 aliphatic rings. The minimum absolute atomic E-state index is 0.0291. The Balaban J connectivity index is 1.59. The number of hydrogen-bond acceptors (Lipinski definition) is 7. The number of halogens is 3. The van der Waals surface area contributed by atoms with E-state index in [1.54, 1.807) is 0 Å². The van der Waals surface area contributed by atoms with Crippen molar-refractivity contribution < 1.29 is 27.9 Å². The molecule has 0 bridgehead atoms. The van der Waals surface area contributed by atoms with Crippen LogP contribution in [0.25, 0.3) is 0 Å². The third-order valence-electron chi connectivity index (χ3n) is 6.78. The molecule has 4 rings (SSSR count). The number of pyridine rings is 2. The zero-order valence-corrected chi connectivity index (χ0v) is 19.5. The number of nitrogens with zero attached hydrogens (tertiary/aromatic N) is 3. The lowest BCUT2D eigenvalue weighted by Crippen LogP contribution is -2.50. The van der Waals surface area contributed by atoms with Gasteiger partial charge >= 0.3 is 12.3 Å². The molecular weight excluding hydrogens is 485 g/mol. The van der Waals surface area contributed by atoms with Crippen molar-refractivity contribution in [3.05, 3.63) is 35.7 Å². The van der Waals surface area contributed by atoms with E-state index in [0.717, 1.165) is 25.5 Å². The summed E-state index contributed by atoms with van der Waals surface area (Å²) in [6.07, 6.45) is -0.636. The quantitative estimate of drug-likeness (QED) is 0.476. The van der Waals surface area contributed by atoms with Crippen molar-refractivity contribution in [2.75, 3.05) is 23.7 Å². The van der Waals surface area contributed by atoms with Crippen LogP contribution < -0.4 is 21.7 Å². The van der Waals surface area contributed by atoms with Gasteiger partial charge in [0.2, 0.25) is 0 Å². The van der Waals surface area contributed by atoms with Crippen molar-refractivity contribution in [2.24, 2.45) is 11.1 Å². The van der Waals surface area contributed by atoms with Gasteiger partial charge in [-0.15, -0.1) is 0 Å². The molecule has 188 valence electrons. The summed E-state index contributed by atoms with van der Waals surface area (Å²) in [7, 11) is 0. The number of carboxylic acid groups (broad SMARTS) is 1. The van der Waals surface area contributed by atoms with E-state index in [4.69, 9.17) is 11.5 Å². The highest BCUT2D eigenvalue weighted by Crippen LogP contribution is 2.47. The molecule has 1 spiro atoms. The lowest BCUT2D eigenvalue weighted by atomic mass is 9.74. The van der Waals surface area contributed by atoms with Crippen molar-refractivity contribution in [3.8, 4) is 0 Å². The SMILES string of the molecule is NC(=O)c1cc(Sc2cccnc2C(F)(F)F)c(N)nc1N1CCC2(CCCC2NC(=O)O)CC1. The van der Waals surface area contributed by atoms with E-state index < -0.39 is 23.9 Å². The highest BCUT2D eigenvalue weighted by molar-refractivity contribution is 7.99. The summed E-state index contributed by atoms with van der Waals surface area (Å²) in [4.78, 5) is 33.1. The van der Waals surface area contributed by atoms with Gasteiger partial charge in [0.15, 0.2) is 5.69 Å². The van der Waals surface area contributed by atoms with Gasteiger partial charge in [0.05, 0.1) is 10.5 Å². The van der Waals surface area contributed by atoms with Gasteiger partial charge in [0, 0.05) is 30.2 Å². The Morgan fingerprint density at radius 2 is 1.94 bits per heavy atom. The number of alkyl halides is 3. The number of nitrogen functional groups attached to an aromatic ring is 1. The van der Waals surface area contributed by atoms with Gasteiger partial charge in [-0.05, 0) is 49.3 Å². The van der Waals surface area contributed by atoms with E-state index in [-0.39, 0.29) is 38.4 Å². The summed E-state index contributed by atoms with van der Waals surface area (Å²) in [5.74, 6) is -0.529. The molecule has 2 aromatic rings. The molecular formula is C22H25F3N6O3S. The summed E-state index contributed by atoms with van der Waals surface area (Å²) in [6, 6.07) is 3.89. The maximum Gasteiger partial charge on any atom is 0.434 e. The lowest BCUT2D eigenvalue weighted by Gasteiger charge is -2.43. The Bertz CT molecular complexity index is 1140. The van der Waals surface area contributed by atoms with Gasteiger partial charge in [0.1, 0.15) is 11.6 Å². The molecule has 3 heterocycles. The van der Waals surface area contributed by atoms with Crippen LogP contribution in [0.2, 0.25) is 0 Å². The zero-order valence-electron chi connectivity index (χ0n) is 18.6. The van der Waals surface area contributed by atoms with Crippen LogP contribution in [0.3, 0.4) is 0 Å². The third kappa shape index (κ3) is 5.09. The number of nitrogens with two attached hydrogens (primary N) is 2. The molecule has 2 amide bonds. The van der Waals surface area contributed by atoms with Crippen LogP contribution in [0.15, 0.2) is 34.2 Å². The van der Waals surface area contributed by atoms with Gasteiger partial charge in [-0.2, -0.15) is 13.2 Å². The number of hydrogen-bond donors (Lipinski definition) is 4. The fourth-order valence-corrected chi connectivity index (χ4v) is 6.06. The Morgan fingerprint density at radius 3 is 2.57 bits per heavy atom. The molecule has 35 heavy (non-hydrogen) atoms. The number of carbonyl (C=O) groups is 2. The van der Waals surface area contributed by atoms with E-state index in [2.05, 4.69) is 15.3 Å². The summed E-state index contributed by atoms with van der Waals surface area (Å²) in [5.41, 5.74) is 10.6. The van der Waals surface area contributed by atoms with Crippen molar-refractivity contribution >= 4 is 35.4 Å².